The highest BCUT2D eigenvalue weighted by atomic mass is 32.2. The number of rotatable bonds is 5. The number of fused-ring (bicyclic) bond motifs is 1. The number of carbonyl (C=O) groups excluding carboxylic acids is 1. The highest BCUT2D eigenvalue weighted by Crippen LogP contribution is 2.34. The van der Waals surface area contributed by atoms with Crippen molar-refractivity contribution in [1.82, 2.24) is 0 Å². The number of hydrogen-bond acceptors (Lipinski definition) is 4. The Hall–Kier alpha value is -3.32. The minimum absolute atomic E-state index is 0.239. The van der Waals surface area contributed by atoms with E-state index in [1.165, 1.54) is 4.31 Å². The Kier molecular flexibility index (Phi) is 5.69. The van der Waals surface area contributed by atoms with E-state index in [2.05, 4.69) is 5.32 Å². The third kappa shape index (κ3) is 4.27. The first-order chi connectivity index (χ1) is 14.9. The number of benzene rings is 3. The van der Waals surface area contributed by atoms with Gasteiger partial charge < -0.3 is 10.2 Å². The number of sulfonamides is 1. The molecule has 0 fully saturated rings. The van der Waals surface area contributed by atoms with Gasteiger partial charge in [-0.2, -0.15) is 0 Å². The molecule has 6 nitrogen and oxygen atoms in total. The number of aryl methyl sites for hydroxylation is 1. The Labute approximate surface area is 183 Å². The lowest BCUT2D eigenvalue weighted by molar-refractivity contribution is 0.102. The van der Waals surface area contributed by atoms with Gasteiger partial charge in [0.2, 0.25) is 0 Å². The lowest BCUT2D eigenvalue weighted by atomic mass is 10.0. The summed E-state index contributed by atoms with van der Waals surface area (Å²) >= 11 is 0. The Morgan fingerprint density at radius 1 is 0.968 bits per heavy atom. The van der Waals surface area contributed by atoms with E-state index in [1.54, 1.807) is 42.5 Å². The van der Waals surface area contributed by atoms with Crippen LogP contribution in [-0.4, -0.2) is 35.0 Å². The fourth-order valence-electron chi connectivity index (χ4n) is 3.72. The van der Waals surface area contributed by atoms with Gasteiger partial charge in [-0.3, -0.25) is 9.10 Å². The zero-order valence-electron chi connectivity index (χ0n) is 17.6. The average Bonchev–Trinajstić information content (AvgIpc) is 2.79. The summed E-state index contributed by atoms with van der Waals surface area (Å²) in [5.74, 6) is -0.239. The number of nitrogens with one attached hydrogen (secondary N) is 1. The van der Waals surface area contributed by atoms with Gasteiger partial charge >= 0.3 is 0 Å². The molecule has 0 saturated carbocycles. The van der Waals surface area contributed by atoms with Crippen LogP contribution in [0.1, 0.15) is 22.3 Å². The van der Waals surface area contributed by atoms with E-state index in [-0.39, 0.29) is 10.8 Å². The molecule has 31 heavy (non-hydrogen) atoms. The van der Waals surface area contributed by atoms with Gasteiger partial charge in [-0.25, -0.2) is 8.42 Å². The number of carbonyl (C=O) groups is 1. The van der Waals surface area contributed by atoms with Gasteiger partial charge in [-0.15, -0.1) is 0 Å². The van der Waals surface area contributed by atoms with Gasteiger partial charge in [0, 0.05) is 37.6 Å². The molecule has 0 saturated heterocycles. The molecule has 1 aliphatic rings. The van der Waals surface area contributed by atoms with Crippen LogP contribution in [0.3, 0.4) is 0 Å². The maximum absolute atomic E-state index is 13.2. The molecule has 1 amide bonds. The highest BCUT2D eigenvalue weighted by Gasteiger charge is 2.29. The maximum atomic E-state index is 13.2. The van der Waals surface area contributed by atoms with Crippen LogP contribution in [0.15, 0.2) is 77.7 Å². The Morgan fingerprint density at radius 3 is 2.48 bits per heavy atom. The third-order valence-corrected chi connectivity index (χ3v) is 7.20. The lowest BCUT2D eigenvalue weighted by Gasteiger charge is -2.31. The van der Waals surface area contributed by atoms with E-state index in [9.17, 15) is 13.2 Å². The van der Waals surface area contributed by atoms with E-state index in [0.717, 1.165) is 24.1 Å². The molecule has 160 valence electrons. The molecule has 0 bridgehead atoms. The largest absolute Gasteiger partial charge is 0.378 e. The summed E-state index contributed by atoms with van der Waals surface area (Å²) in [5.41, 5.74) is 3.61. The topological polar surface area (TPSA) is 69.7 Å². The second-order valence-corrected chi connectivity index (χ2v) is 9.60. The van der Waals surface area contributed by atoms with Crippen molar-refractivity contribution in [2.24, 2.45) is 0 Å². The fourth-order valence-corrected chi connectivity index (χ4v) is 5.27. The Bertz CT molecular complexity index is 1210. The van der Waals surface area contributed by atoms with Crippen molar-refractivity contribution in [1.29, 1.82) is 0 Å². The molecule has 0 aromatic heterocycles. The van der Waals surface area contributed by atoms with Crippen LogP contribution in [0.5, 0.6) is 0 Å². The quantitative estimate of drug-likeness (QED) is 0.654. The maximum Gasteiger partial charge on any atom is 0.264 e. The zero-order valence-corrected chi connectivity index (χ0v) is 18.4. The summed E-state index contributed by atoms with van der Waals surface area (Å²) in [6, 6.07) is 21.3. The van der Waals surface area contributed by atoms with Gasteiger partial charge in [-0.1, -0.05) is 30.3 Å². The molecular formula is C24H25N3O3S. The Balaban J connectivity index is 1.64. The average molecular weight is 436 g/mol. The molecule has 3 aromatic rings. The van der Waals surface area contributed by atoms with Crippen molar-refractivity contribution in [2.75, 3.05) is 35.2 Å². The molecule has 0 atom stereocenters. The van der Waals surface area contributed by atoms with E-state index in [1.807, 2.05) is 49.3 Å². The molecule has 1 aliphatic heterocycles. The van der Waals surface area contributed by atoms with Crippen LogP contribution in [0.4, 0.5) is 17.1 Å². The van der Waals surface area contributed by atoms with E-state index >= 15 is 0 Å². The standard InChI is InChI=1S/C24H25N3O3S/c1-26(2)21-10-6-8-19(16-21)24(28)25-20-14-13-18-9-7-15-27(23(18)17-20)31(29,30)22-11-4-3-5-12-22/h3-6,8,10-14,16-17H,7,9,15H2,1-2H3,(H,25,28). The molecular weight excluding hydrogens is 410 g/mol. The summed E-state index contributed by atoms with van der Waals surface area (Å²) in [6.45, 7) is 0.409. The summed E-state index contributed by atoms with van der Waals surface area (Å²) in [5, 5.41) is 2.91. The van der Waals surface area contributed by atoms with Crippen LogP contribution in [0.2, 0.25) is 0 Å². The summed E-state index contributed by atoms with van der Waals surface area (Å²) < 4.78 is 27.9. The van der Waals surface area contributed by atoms with Gasteiger partial charge in [0.15, 0.2) is 0 Å². The van der Waals surface area contributed by atoms with Gasteiger partial charge in [-0.05, 0) is 60.9 Å². The van der Waals surface area contributed by atoms with E-state index in [4.69, 9.17) is 0 Å². The minimum Gasteiger partial charge on any atom is -0.378 e. The fraction of sp³-hybridized carbons (Fsp3) is 0.208. The number of anilines is 3. The van der Waals surface area contributed by atoms with Crippen molar-refractivity contribution in [2.45, 2.75) is 17.7 Å². The normalized spacial score (nSPS) is 13.4. The first kappa shape index (κ1) is 20.9. The molecule has 7 heteroatoms. The van der Waals surface area contributed by atoms with Crippen molar-refractivity contribution < 1.29 is 13.2 Å². The van der Waals surface area contributed by atoms with Gasteiger partial charge in [0.25, 0.3) is 15.9 Å². The van der Waals surface area contributed by atoms with Crippen LogP contribution in [0.25, 0.3) is 0 Å². The molecule has 0 aliphatic carbocycles. The lowest BCUT2D eigenvalue weighted by Crippen LogP contribution is -2.35. The zero-order chi connectivity index (χ0) is 22.0. The SMILES string of the molecule is CN(C)c1cccc(C(=O)Nc2ccc3c(c2)N(S(=O)(=O)c2ccccc2)CCC3)c1. The van der Waals surface area contributed by atoms with Crippen LogP contribution in [0, 0.1) is 0 Å². The first-order valence-corrected chi connectivity index (χ1v) is 11.6. The third-order valence-electron chi connectivity index (χ3n) is 5.38. The van der Waals surface area contributed by atoms with Crippen molar-refractivity contribution in [3.05, 3.63) is 83.9 Å². The minimum atomic E-state index is -3.67. The van der Waals surface area contributed by atoms with Crippen molar-refractivity contribution in [3.8, 4) is 0 Å². The first-order valence-electron chi connectivity index (χ1n) is 10.2. The molecule has 0 spiro atoms. The molecule has 0 radical (unpaired) electrons. The molecule has 3 aromatic carbocycles. The number of nitrogens with zero attached hydrogens (tertiary/aromatic N) is 2. The van der Waals surface area contributed by atoms with Crippen molar-refractivity contribution in [3.63, 3.8) is 0 Å². The van der Waals surface area contributed by atoms with Gasteiger partial charge in [0.1, 0.15) is 0 Å². The highest BCUT2D eigenvalue weighted by molar-refractivity contribution is 7.92. The van der Waals surface area contributed by atoms with Crippen LogP contribution in [-0.2, 0) is 16.4 Å². The summed E-state index contributed by atoms with van der Waals surface area (Å²) in [7, 11) is 0.165. The molecule has 4 rings (SSSR count). The molecule has 1 N–H and O–H groups in total. The van der Waals surface area contributed by atoms with Crippen LogP contribution >= 0.6 is 0 Å². The smallest absolute Gasteiger partial charge is 0.264 e. The second-order valence-electron chi connectivity index (χ2n) is 7.74. The molecule has 1 heterocycles. The molecule has 0 unspecified atom stereocenters. The summed E-state index contributed by atoms with van der Waals surface area (Å²) in [4.78, 5) is 15.0. The predicted octanol–water partition coefficient (Wildman–Crippen LogP) is 4.15. The number of hydrogen-bond donors (Lipinski definition) is 1. The second kappa shape index (κ2) is 8.43. The summed E-state index contributed by atoms with van der Waals surface area (Å²) in [6.07, 6.45) is 1.55. The van der Waals surface area contributed by atoms with Crippen molar-refractivity contribution >= 4 is 33.0 Å². The Morgan fingerprint density at radius 2 is 1.74 bits per heavy atom. The van der Waals surface area contributed by atoms with Gasteiger partial charge in [0.05, 0.1) is 10.6 Å². The number of amides is 1. The van der Waals surface area contributed by atoms with Crippen LogP contribution < -0.4 is 14.5 Å². The predicted molar refractivity (Wildman–Crippen MR) is 124 cm³/mol. The van der Waals surface area contributed by atoms with E-state index in [0.29, 0.717) is 23.5 Å². The monoisotopic (exact) mass is 435 g/mol. The van der Waals surface area contributed by atoms with E-state index < -0.39 is 10.0 Å².